The second-order valence-corrected chi connectivity index (χ2v) is 10.3. The number of aryl methyl sites for hydroxylation is 1. The number of carbonyl (C=O) groups excluding carboxylic acids is 2. The van der Waals surface area contributed by atoms with Crippen LogP contribution in [0.1, 0.15) is 29.8 Å². The average molecular weight is 451 g/mol. The van der Waals surface area contributed by atoms with E-state index < -0.39 is 15.9 Å². The van der Waals surface area contributed by atoms with E-state index in [9.17, 15) is 18.0 Å². The smallest absolute Gasteiger partial charge is 0.286 e. The van der Waals surface area contributed by atoms with Crippen LogP contribution in [0.3, 0.4) is 0 Å². The van der Waals surface area contributed by atoms with Gasteiger partial charge in [0.1, 0.15) is 10.6 Å². The summed E-state index contributed by atoms with van der Waals surface area (Å²) in [5, 5.41) is 2.63. The van der Waals surface area contributed by atoms with Crippen LogP contribution in [-0.4, -0.2) is 60.5 Å². The van der Waals surface area contributed by atoms with Crippen LogP contribution in [0, 0.1) is 0 Å². The third-order valence-corrected chi connectivity index (χ3v) is 7.84. The van der Waals surface area contributed by atoms with Crippen LogP contribution in [0.5, 0.6) is 0 Å². The van der Waals surface area contributed by atoms with E-state index in [4.69, 9.17) is 0 Å². The van der Waals surface area contributed by atoms with Crippen molar-refractivity contribution in [1.82, 2.24) is 13.8 Å². The maximum absolute atomic E-state index is 12.9. The highest BCUT2D eigenvalue weighted by Gasteiger charge is 2.28. The van der Waals surface area contributed by atoms with Gasteiger partial charge >= 0.3 is 0 Å². The van der Waals surface area contributed by atoms with Crippen molar-refractivity contribution >= 4 is 38.6 Å². The molecule has 0 radical (unpaired) electrons. The Hall–Kier alpha value is -2.30. The average Bonchev–Trinajstić information content (AvgIpc) is 3.12. The first-order valence-electron chi connectivity index (χ1n) is 9.66. The first kappa shape index (κ1) is 22.4. The zero-order chi connectivity index (χ0) is 21.9. The number of amides is 2. The van der Waals surface area contributed by atoms with E-state index in [0.29, 0.717) is 23.7 Å². The van der Waals surface area contributed by atoms with Crippen LogP contribution in [0.25, 0.3) is 0 Å². The standard InChI is InChI=1S/C20H26N4O4S2/c1-22(2)20(26)29-18-10-6-5-9-16(18)21-19(25)17-13-15(14-23(17)3)30(27,28)24-11-7-4-8-12-24/h5-6,9-10,13-14H,4,7-8,11-12H2,1-3H3,(H,21,25). The normalized spacial score (nSPS) is 15.0. The van der Waals surface area contributed by atoms with Gasteiger partial charge in [-0.15, -0.1) is 0 Å². The van der Waals surface area contributed by atoms with E-state index in [1.165, 1.54) is 26.0 Å². The summed E-state index contributed by atoms with van der Waals surface area (Å²) < 4.78 is 28.8. The number of sulfonamides is 1. The number of rotatable bonds is 5. The van der Waals surface area contributed by atoms with Crippen molar-refractivity contribution in [3.05, 3.63) is 42.2 Å². The van der Waals surface area contributed by atoms with Crippen molar-refractivity contribution in [3.63, 3.8) is 0 Å². The van der Waals surface area contributed by atoms with Gasteiger partial charge in [-0.2, -0.15) is 4.31 Å². The van der Waals surface area contributed by atoms with Gasteiger partial charge in [-0.1, -0.05) is 18.6 Å². The molecule has 1 aliphatic heterocycles. The molecule has 2 aromatic rings. The lowest BCUT2D eigenvalue weighted by Crippen LogP contribution is -2.35. The fraction of sp³-hybridized carbons (Fsp3) is 0.400. The van der Waals surface area contributed by atoms with Gasteiger partial charge in [0.05, 0.1) is 5.69 Å². The number of carbonyl (C=O) groups is 2. The Labute approximate surface area is 181 Å². The minimum atomic E-state index is -3.63. The molecule has 1 aliphatic rings. The fourth-order valence-corrected chi connectivity index (χ4v) is 5.52. The van der Waals surface area contributed by atoms with E-state index >= 15 is 0 Å². The first-order valence-corrected chi connectivity index (χ1v) is 11.9. The summed E-state index contributed by atoms with van der Waals surface area (Å²) in [5.41, 5.74) is 0.716. The van der Waals surface area contributed by atoms with Gasteiger partial charge < -0.3 is 14.8 Å². The number of aromatic nitrogens is 1. The largest absolute Gasteiger partial charge is 0.345 e. The van der Waals surface area contributed by atoms with Crippen molar-refractivity contribution in [2.75, 3.05) is 32.5 Å². The molecule has 1 aromatic carbocycles. The van der Waals surface area contributed by atoms with E-state index in [-0.39, 0.29) is 15.8 Å². The molecule has 162 valence electrons. The highest BCUT2D eigenvalue weighted by Crippen LogP contribution is 2.29. The summed E-state index contributed by atoms with van der Waals surface area (Å²) in [6.07, 6.45) is 4.19. The lowest BCUT2D eigenvalue weighted by Gasteiger charge is -2.25. The Morgan fingerprint density at radius 2 is 1.77 bits per heavy atom. The molecule has 30 heavy (non-hydrogen) atoms. The van der Waals surface area contributed by atoms with Crippen molar-refractivity contribution in [2.45, 2.75) is 29.1 Å². The molecule has 1 saturated heterocycles. The monoisotopic (exact) mass is 450 g/mol. The summed E-state index contributed by atoms with van der Waals surface area (Å²) in [6.45, 7) is 1.01. The molecule has 0 atom stereocenters. The van der Waals surface area contributed by atoms with Crippen molar-refractivity contribution in [1.29, 1.82) is 0 Å². The van der Waals surface area contributed by atoms with E-state index in [1.54, 1.807) is 45.4 Å². The summed E-state index contributed by atoms with van der Waals surface area (Å²) in [6, 6.07) is 8.40. The quantitative estimate of drug-likeness (QED) is 0.706. The lowest BCUT2D eigenvalue weighted by molar-refractivity contribution is 0.101. The molecule has 3 rings (SSSR count). The predicted octanol–water partition coefficient (Wildman–Crippen LogP) is 3.23. The number of benzene rings is 1. The summed E-state index contributed by atoms with van der Waals surface area (Å²) in [5.74, 6) is -0.442. The number of para-hydroxylation sites is 1. The Morgan fingerprint density at radius 1 is 1.10 bits per heavy atom. The summed E-state index contributed by atoms with van der Waals surface area (Å²) in [7, 11) is 1.33. The van der Waals surface area contributed by atoms with Gasteiger partial charge in [-0.3, -0.25) is 9.59 Å². The molecule has 1 aromatic heterocycles. The second-order valence-electron chi connectivity index (χ2n) is 7.35. The molecular formula is C20H26N4O4S2. The molecule has 0 aliphatic carbocycles. The van der Waals surface area contributed by atoms with Gasteiger partial charge in [-0.05, 0) is 42.8 Å². The van der Waals surface area contributed by atoms with Crippen LogP contribution >= 0.6 is 11.8 Å². The number of piperidine rings is 1. The zero-order valence-electron chi connectivity index (χ0n) is 17.3. The molecule has 0 unspecified atom stereocenters. The Morgan fingerprint density at radius 3 is 2.43 bits per heavy atom. The topological polar surface area (TPSA) is 91.7 Å². The number of anilines is 1. The van der Waals surface area contributed by atoms with Gasteiger partial charge in [0, 0.05) is 45.3 Å². The van der Waals surface area contributed by atoms with Gasteiger partial charge in [-0.25, -0.2) is 8.42 Å². The Kier molecular flexibility index (Phi) is 6.89. The van der Waals surface area contributed by atoms with E-state index in [2.05, 4.69) is 5.32 Å². The summed E-state index contributed by atoms with van der Waals surface area (Å²) in [4.78, 5) is 27.1. The molecule has 2 heterocycles. The zero-order valence-corrected chi connectivity index (χ0v) is 18.9. The Bertz CT molecular complexity index is 1040. The van der Waals surface area contributed by atoms with Crippen molar-refractivity contribution < 1.29 is 18.0 Å². The molecule has 0 spiro atoms. The van der Waals surface area contributed by atoms with E-state index in [0.717, 1.165) is 31.0 Å². The molecule has 1 N–H and O–H groups in total. The highest BCUT2D eigenvalue weighted by atomic mass is 32.2. The fourth-order valence-electron chi connectivity index (χ4n) is 3.19. The third kappa shape index (κ3) is 4.88. The molecule has 0 bridgehead atoms. The van der Waals surface area contributed by atoms with Crippen LogP contribution in [0.2, 0.25) is 0 Å². The Balaban J connectivity index is 1.81. The van der Waals surface area contributed by atoms with Gasteiger partial charge in [0.25, 0.3) is 11.1 Å². The number of nitrogens with one attached hydrogen (secondary N) is 1. The van der Waals surface area contributed by atoms with Crippen molar-refractivity contribution in [3.8, 4) is 0 Å². The molecule has 2 amide bonds. The number of thioether (sulfide) groups is 1. The van der Waals surface area contributed by atoms with Crippen LogP contribution in [-0.2, 0) is 17.1 Å². The SMILES string of the molecule is CN(C)C(=O)Sc1ccccc1NC(=O)c1cc(S(=O)(=O)N2CCCCC2)cn1C. The predicted molar refractivity (Wildman–Crippen MR) is 117 cm³/mol. The second kappa shape index (κ2) is 9.23. The molecule has 8 nitrogen and oxygen atoms in total. The third-order valence-electron chi connectivity index (χ3n) is 4.86. The van der Waals surface area contributed by atoms with Crippen LogP contribution in [0.15, 0.2) is 46.3 Å². The van der Waals surface area contributed by atoms with Crippen molar-refractivity contribution in [2.24, 2.45) is 7.05 Å². The number of hydrogen-bond acceptors (Lipinski definition) is 5. The van der Waals surface area contributed by atoms with Gasteiger partial charge in [0.2, 0.25) is 10.0 Å². The minimum Gasteiger partial charge on any atom is -0.345 e. The maximum Gasteiger partial charge on any atom is 0.286 e. The molecular weight excluding hydrogens is 424 g/mol. The highest BCUT2D eigenvalue weighted by molar-refractivity contribution is 8.13. The number of nitrogens with zero attached hydrogens (tertiary/aromatic N) is 3. The van der Waals surface area contributed by atoms with E-state index in [1.807, 2.05) is 0 Å². The first-order chi connectivity index (χ1) is 14.2. The molecule has 0 saturated carbocycles. The van der Waals surface area contributed by atoms with Crippen LogP contribution in [0.4, 0.5) is 10.5 Å². The summed E-state index contributed by atoms with van der Waals surface area (Å²) >= 11 is 1.01. The maximum atomic E-state index is 12.9. The number of hydrogen-bond donors (Lipinski definition) is 1. The molecule has 1 fully saturated rings. The minimum absolute atomic E-state index is 0.113. The molecule has 10 heteroatoms. The van der Waals surface area contributed by atoms with Crippen LogP contribution < -0.4 is 5.32 Å². The lowest BCUT2D eigenvalue weighted by atomic mass is 10.2. The van der Waals surface area contributed by atoms with Gasteiger partial charge in [0.15, 0.2) is 0 Å².